The van der Waals surface area contributed by atoms with Gasteiger partial charge in [0.2, 0.25) is 5.91 Å². The van der Waals surface area contributed by atoms with Gasteiger partial charge in [0.25, 0.3) is 5.69 Å². The van der Waals surface area contributed by atoms with Crippen LogP contribution in [0.1, 0.15) is 41.6 Å². The summed E-state index contributed by atoms with van der Waals surface area (Å²) >= 11 is 0. The number of carbonyl (C=O) groups is 1. The van der Waals surface area contributed by atoms with Gasteiger partial charge in [-0.2, -0.15) is 0 Å². The number of hydrogen-bond acceptors (Lipinski definition) is 3. The molecule has 2 rings (SSSR count). The highest BCUT2D eigenvalue weighted by molar-refractivity contribution is 5.92. The average molecular weight is 338 g/mol. The molecule has 0 unspecified atom stereocenters. The number of rotatable bonds is 6. The minimum absolute atomic E-state index is 0.0301. The van der Waals surface area contributed by atoms with Gasteiger partial charge < -0.3 is 5.32 Å². The van der Waals surface area contributed by atoms with Crippen LogP contribution in [0.4, 0.5) is 5.69 Å². The molecule has 0 radical (unpaired) electrons. The number of benzene rings is 2. The van der Waals surface area contributed by atoms with E-state index in [-0.39, 0.29) is 17.6 Å². The number of hydrogen-bond donors (Lipinski definition) is 1. The van der Waals surface area contributed by atoms with Gasteiger partial charge in [-0.25, -0.2) is 0 Å². The third-order valence-electron chi connectivity index (χ3n) is 4.06. The minimum Gasteiger partial charge on any atom is -0.346 e. The summed E-state index contributed by atoms with van der Waals surface area (Å²) in [5, 5.41) is 13.6. The number of amides is 1. The fraction of sp³-hybridized carbons (Fsp3) is 0.250. The van der Waals surface area contributed by atoms with E-state index in [1.807, 2.05) is 26.8 Å². The smallest absolute Gasteiger partial charge is 0.269 e. The molecule has 1 N–H and O–H groups in total. The van der Waals surface area contributed by atoms with Gasteiger partial charge >= 0.3 is 0 Å². The van der Waals surface area contributed by atoms with Crippen LogP contribution in [0.3, 0.4) is 0 Å². The summed E-state index contributed by atoms with van der Waals surface area (Å²) in [4.78, 5) is 22.4. The maximum Gasteiger partial charge on any atom is 0.269 e. The van der Waals surface area contributed by atoms with Crippen molar-refractivity contribution in [2.45, 2.75) is 33.2 Å². The maximum absolute atomic E-state index is 12.2. The lowest BCUT2D eigenvalue weighted by atomic mass is 9.97. The highest BCUT2D eigenvalue weighted by atomic mass is 16.6. The van der Waals surface area contributed by atoms with Crippen molar-refractivity contribution in [3.05, 3.63) is 80.9 Å². The second-order valence-electron chi connectivity index (χ2n) is 6.01. The van der Waals surface area contributed by atoms with Crippen LogP contribution in [-0.2, 0) is 4.79 Å². The molecular weight excluding hydrogens is 316 g/mol. The molecule has 0 aliphatic carbocycles. The van der Waals surface area contributed by atoms with Crippen LogP contribution < -0.4 is 5.32 Å². The molecule has 25 heavy (non-hydrogen) atoms. The monoisotopic (exact) mass is 338 g/mol. The molecule has 0 saturated carbocycles. The normalized spacial score (nSPS) is 12.1. The third-order valence-corrected chi connectivity index (χ3v) is 4.06. The first kappa shape index (κ1) is 18.4. The number of nitrogens with zero attached hydrogens (tertiary/aromatic N) is 1. The van der Waals surface area contributed by atoms with E-state index < -0.39 is 4.92 Å². The van der Waals surface area contributed by atoms with Gasteiger partial charge in [-0.1, -0.05) is 30.7 Å². The zero-order valence-corrected chi connectivity index (χ0v) is 14.7. The Kier molecular flexibility index (Phi) is 6.06. The molecule has 0 bridgehead atoms. The second kappa shape index (κ2) is 8.24. The quantitative estimate of drug-likeness (QED) is 0.479. The molecule has 0 saturated heterocycles. The number of non-ortho nitro benzene ring substituents is 1. The molecule has 2 aromatic carbocycles. The lowest BCUT2D eigenvalue weighted by Crippen LogP contribution is -2.26. The van der Waals surface area contributed by atoms with Gasteiger partial charge in [0.05, 0.1) is 11.0 Å². The number of aryl methyl sites for hydroxylation is 2. The van der Waals surface area contributed by atoms with Crippen LogP contribution in [0.2, 0.25) is 0 Å². The predicted octanol–water partition coefficient (Wildman–Crippen LogP) is 4.49. The van der Waals surface area contributed by atoms with Crippen LogP contribution in [-0.4, -0.2) is 10.8 Å². The van der Waals surface area contributed by atoms with Gasteiger partial charge in [-0.3, -0.25) is 14.9 Å². The Hall–Kier alpha value is -2.95. The van der Waals surface area contributed by atoms with Crippen LogP contribution in [0.15, 0.2) is 48.5 Å². The van der Waals surface area contributed by atoms with Crippen molar-refractivity contribution >= 4 is 17.7 Å². The van der Waals surface area contributed by atoms with E-state index in [1.54, 1.807) is 18.2 Å². The Balaban J connectivity index is 2.05. The number of nitro groups is 1. The zero-order valence-electron chi connectivity index (χ0n) is 14.7. The molecule has 1 amide bonds. The molecule has 2 aromatic rings. The zero-order chi connectivity index (χ0) is 18.4. The Labute approximate surface area is 147 Å². The number of nitrogens with one attached hydrogen (secondary N) is 1. The van der Waals surface area contributed by atoms with E-state index in [4.69, 9.17) is 0 Å². The summed E-state index contributed by atoms with van der Waals surface area (Å²) in [5.74, 6) is -0.190. The summed E-state index contributed by atoms with van der Waals surface area (Å²) in [6.07, 6.45) is 3.89. The van der Waals surface area contributed by atoms with Crippen LogP contribution in [0.5, 0.6) is 0 Å². The van der Waals surface area contributed by atoms with E-state index >= 15 is 0 Å². The fourth-order valence-electron chi connectivity index (χ4n) is 2.72. The number of nitro benzene ring substituents is 1. The summed E-state index contributed by atoms with van der Waals surface area (Å²) in [6, 6.07) is 12.2. The molecule has 5 heteroatoms. The molecule has 0 fully saturated rings. The van der Waals surface area contributed by atoms with Crippen molar-refractivity contribution in [1.82, 2.24) is 5.32 Å². The second-order valence-corrected chi connectivity index (χ2v) is 6.01. The van der Waals surface area contributed by atoms with Crippen molar-refractivity contribution in [3.63, 3.8) is 0 Å². The molecule has 0 aliphatic rings. The van der Waals surface area contributed by atoms with Crippen LogP contribution in [0, 0.1) is 24.0 Å². The molecule has 5 nitrogen and oxygen atoms in total. The Morgan fingerprint density at radius 3 is 2.44 bits per heavy atom. The lowest BCUT2D eigenvalue weighted by molar-refractivity contribution is -0.384. The van der Waals surface area contributed by atoms with Gasteiger partial charge in [-0.15, -0.1) is 0 Å². The van der Waals surface area contributed by atoms with Crippen molar-refractivity contribution in [2.24, 2.45) is 0 Å². The van der Waals surface area contributed by atoms with Gasteiger partial charge in [0.1, 0.15) is 0 Å². The topological polar surface area (TPSA) is 72.2 Å². The van der Waals surface area contributed by atoms with Gasteiger partial charge in [-0.05, 0) is 55.2 Å². The van der Waals surface area contributed by atoms with Gasteiger partial charge in [0.15, 0.2) is 0 Å². The predicted molar refractivity (Wildman–Crippen MR) is 99.2 cm³/mol. The van der Waals surface area contributed by atoms with Crippen molar-refractivity contribution in [2.75, 3.05) is 0 Å². The average Bonchev–Trinajstić information content (AvgIpc) is 2.58. The van der Waals surface area contributed by atoms with E-state index in [1.165, 1.54) is 23.8 Å². The molecule has 0 heterocycles. The van der Waals surface area contributed by atoms with E-state index in [0.717, 1.165) is 23.1 Å². The summed E-state index contributed by atoms with van der Waals surface area (Å²) in [6.45, 7) is 6.12. The highest BCUT2D eigenvalue weighted by Crippen LogP contribution is 2.21. The largest absolute Gasteiger partial charge is 0.346 e. The molecule has 1 atom stereocenters. The van der Waals surface area contributed by atoms with Crippen molar-refractivity contribution in [1.29, 1.82) is 0 Å². The molecule has 130 valence electrons. The Morgan fingerprint density at radius 1 is 1.20 bits per heavy atom. The Morgan fingerprint density at radius 2 is 1.88 bits per heavy atom. The Bertz CT molecular complexity index is 795. The first-order chi connectivity index (χ1) is 11.9. The summed E-state index contributed by atoms with van der Waals surface area (Å²) in [5.41, 5.74) is 4.24. The van der Waals surface area contributed by atoms with Crippen LogP contribution in [0.25, 0.3) is 6.08 Å². The van der Waals surface area contributed by atoms with E-state index in [9.17, 15) is 14.9 Å². The molecule has 0 aromatic heterocycles. The third kappa shape index (κ3) is 5.01. The molecular formula is C20H22N2O3. The van der Waals surface area contributed by atoms with Crippen molar-refractivity contribution in [3.8, 4) is 0 Å². The standard InChI is InChI=1S/C20H22N2O3/c1-4-19(18-11-5-14(2)13-15(18)3)21-20(23)12-8-16-6-9-17(10-7-16)22(24)25/h5-13,19H,4H2,1-3H3,(H,21,23)/b12-8+/t19-/m0/s1. The van der Waals surface area contributed by atoms with E-state index in [0.29, 0.717) is 0 Å². The first-order valence-corrected chi connectivity index (χ1v) is 8.21. The van der Waals surface area contributed by atoms with Crippen LogP contribution >= 0.6 is 0 Å². The van der Waals surface area contributed by atoms with Gasteiger partial charge in [0, 0.05) is 18.2 Å². The van der Waals surface area contributed by atoms with Crippen molar-refractivity contribution < 1.29 is 9.72 Å². The maximum atomic E-state index is 12.2. The minimum atomic E-state index is -0.448. The summed E-state index contributed by atoms with van der Waals surface area (Å²) in [7, 11) is 0. The van der Waals surface area contributed by atoms with E-state index in [2.05, 4.69) is 17.4 Å². The number of carbonyl (C=O) groups excluding carboxylic acids is 1. The first-order valence-electron chi connectivity index (χ1n) is 8.21. The molecule has 0 aliphatic heterocycles. The summed E-state index contributed by atoms with van der Waals surface area (Å²) < 4.78 is 0. The molecule has 0 spiro atoms. The lowest BCUT2D eigenvalue weighted by Gasteiger charge is -2.19. The SMILES string of the molecule is CC[C@H](NC(=O)/C=C/c1ccc([N+](=O)[O-])cc1)c1ccc(C)cc1C. The highest BCUT2D eigenvalue weighted by Gasteiger charge is 2.13. The fourth-order valence-corrected chi connectivity index (χ4v) is 2.72.